The average Bonchev–Trinajstić information content (AvgIpc) is 2.33. The summed E-state index contributed by atoms with van der Waals surface area (Å²) in [7, 11) is 0. The summed E-state index contributed by atoms with van der Waals surface area (Å²) in [6, 6.07) is 10.9. The van der Waals surface area contributed by atoms with Crippen LogP contribution in [0.2, 0.25) is 0 Å². The molecule has 0 radical (unpaired) electrons. The summed E-state index contributed by atoms with van der Waals surface area (Å²) in [4.78, 5) is 14.4. The predicted molar refractivity (Wildman–Crippen MR) is 63.8 cm³/mol. The van der Waals surface area contributed by atoms with Gasteiger partial charge in [0.1, 0.15) is 5.69 Å². The molecule has 0 bridgehead atoms. The highest BCUT2D eigenvalue weighted by molar-refractivity contribution is 5.75. The Hall–Kier alpha value is -2.36. The molecule has 0 aliphatic rings. The van der Waals surface area contributed by atoms with Gasteiger partial charge in [-0.2, -0.15) is 0 Å². The molecule has 2 aromatic rings. The van der Waals surface area contributed by atoms with Crippen molar-refractivity contribution < 1.29 is 4.79 Å². The number of aldehydes is 1. The largest absolute Gasteiger partial charge is 0.397 e. The van der Waals surface area contributed by atoms with Gasteiger partial charge in [0.05, 0.1) is 23.3 Å². The lowest BCUT2D eigenvalue weighted by atomic mass is 10.2. The second kappa shape index (κ2) is 4.44. The number of hydrogen-bond acceptors (Lipinski definition) is 4. The van der Waals surface area contributed by atoms with Gasteiger partial charge in [-0.15, -0.1) is 0 Å². The SMILES string of the molecule is Nc1ccccc1Nc1ccc(C=O)nc1. The first-order chi connectivity index (χ1) is 7.79. The number of benzene rings is 1. The highest BCUT2D eigenvalue weighted by Crippen LogP contribution is 2.21. The van der Waals surface area contributed by atoms with Crippen LogP contribution >= 0.6 is 0 Å². The van der Waals surface area contributed by atoms with Crippen molar-refractivity contribution in [3.63, 3.8) is 0 Å². The van der Waals surface area contributed by atoms with Crippen LogP contribution in [0.3, 0.4) is 0 Å². The van der Waals surface area contributed by atoms with E-state index in [1.54, 1.807) is 18.3 Å². The maximum Gasteiger partial charge on any atom is 0.168 e. The standard InChI is InChI=1S/C12H11N3O/c13-11-3-1-2-4-12(11)15-9-5-6-10(8-16)14-7-9/h1-8,15H,13H2. The Bertz CT molecular complexity index is 494. The van der Waals surface area contributed by atoms with E-state index in [0.29, 0.717) is 17.7 Å². The number of nitrogens with one attached hydrogen (secondary N) is 1. The number of carbonyl (C=O) groups is 1. The first-order valence-electron chi connectivity index (χ1n) is 4.82. The molecule has 1 aromatic heterocycles. The zero-order valence-corrected chi connectivity index (χ0v) is 8.55. The quantitative estimate of drug-likeness (QED) is 0.606. The number of nitrogen functional groups attached to an aromatic ring is 1. The molecule has 0 fully saturated rings. The van der Waals surface area contributed by atoms with Gasteiger partial charge >= 0.3 is 0 Å². The molecule has 0 amide bonds. The molecule has 80 valence electrons. The fourth-order valence-corrected chi connectivity index (χ4v) is 1.32. The molecule has 0 unspecified atom stereocenters. The molecule has 1 aromatic carbocycles. The van der Waals surface area contributed by atoms with E-state index in [2.05, 4.69) is 10.3 Å². The maximum absolute atomic E-state index is 10.4. The van der Waals surface area contributed by atoms with E-state index in [-0.39, 0.29) is 0 Å². The molecule has 4 nitrogen and oxygen atoms in total. The molecule has 0 spiro atoms. The number of rotatable bonds is 3. The van der Waals surface area contributed by atoms with Crippen molar-refractivity contribution in [1.29, 1.82) is 0 Å². The molecule has 0 aliphatic carbocycles. The summed E-state index contributed by atoms with van der Waals surface area (Å²) >= 11 is 0. The molecule has 16 heavy (non-hydrogen) atoms. The van der Waals surface area contributed by atoms with E-state index in [1.807, 2.05) is 24.3 Å². The Morgan fingerprint density at radius 2 is 2.00 bits per heavy atom. The fourth-order valence-electron chi connectivity index (χ4n) is 1.32. The normalized spacial score (nSPS) is 9.75. The zero-order valence-electron chi connectivity index (χ0n) is 8.55. The van der Waals surface area contributed by atoms with Gasteiger partial charge in [-0.3, -0.25) is 9.78 Å². The van der Waals surface area contributed by atoms with Gasteiger partial charge in [0.25, 0.3) is 0 Å². The summed E-state index contributed by atoms with van der Waals surface area (Å²) < 4.78 is 0. The minimum absolute atomic E-state index is 0.409. The summed E-state index contributed by atoms with van der Waals surface area (Å²) in [5.41, 5.74) is 8.48. The summed E-state index contributed by atoms with van der Waals surface area (Å²) in [5.74, 6) is 0. The van der Waals surface area contributed by atoms with Crippen LogP contribution in [0.5, 0.6) is 0 Å². The number of aromatic nitrogens is 1. The van der Waals surface area contributed by atoms with E-state index < -0.39 is 0 Å². The van der Waals surface area contributed by atoms with E-state index in [9.17, 15) is 4.79 Å². The Kier molecular flexibility index (Phi) is 2.82. The van der Waals surface area contributed by atoms with Crippen LogP contribution in [0.4, 0.5) is 17.1 Å². The number of pyridine rings is 1. The van der Waals surface area contributed by atoms with E-state index in [0.717, 1.165) is 11.4 Å². The second-order valence-corrected chi connectivity index (χ2v) is 3.30. The van der Waals surface area contributed by atoms with Gasteiger partial charge in [0.15, 0.2) is 6.29 Å². The van der Waals surface area contributed by atoms with Gasteiger partial charge in [0.2, 0.25) is 0 Å². The number of para-hydroxylation sites is 2. The third kappa shape index (κ3) is 2.17. The van der Waals surface area contributed by atoms with Crippen molar-refractivity contribution in [2.45, 2.75) is 0 Å². The first-order valence-corrected chi connectivity index (χ1v) is 4.82. The summed E-state index contributed by atoms with van der Waals surface area (Å²) in [6.07, 6.45) is 2.30. The maximum atomic E-state index is 10.4. The first kappa shape index (κ1) is 10.2. The molecule has 0 saturated carbocycles. The van der Waals surface area contributed by atoms with Crippen molar-refractivity contribution in [2.24, 2.45) is 0 Å². The number of nitrogens with zero attached hydrogens (tertiary/aromatic N) is 1. The Labute approximate surface area is 93.1 Å². The summed E-state index contributed by atoms with van der Waals surface area (Å²) in [6.45, 7) is 0. The van der Waals surface area contributed by atoms with Crippen molar-refractivity contribution in [3.05, 3.63) is 48.3 Å². The van der Waals surface area contributed by atoms with Gasteiger partial charge in [-0.1, -0.05) is 12.1 Å². The number of nitrogens with two attached hydrogens (primary N) is 1. The molecule has 4 heteroatoms. The van der Waals surface area contributed by atoms with E-state index in [1.165, 1.54) is 0 Å². The average molecular weight is 213 g/mol. The summed E-state index contributed by atoms with van der Waals surface area (Å²) in [5, 5.41) is 3.12. The Balaban J connectivity index is 2.21. The topological polar surface area (TPSA) is 68.0 Å². The highest BCUT2D eigenvalue weighted by atomic mass is 16.1. The molecular weight excluding hydrogens is 202 g/mol. The van der Waals surface area contributed by atoms with E-state index >= 15 is 0 Å². The van der Waals surface area contributed by atoms with Gasteiger partial charge < -0.3 is 11.1 Å². The highest BCUT2D eigenvalue weighted by Gasteiger charge is 1.98. The van der Waals surface area contributed by atoms with Crippen molar-refractivity contribution in [1.82, 2.24) is 4.98 Å². The van der Waals surface area contributed by atoms with Crippen LogP contribution in [-0.2, 0) is 0 Å². The smallest absolute Gasteiger partial charge is 0.168 e. The molecular formula is C12H11N3O. The monoisotopic (exact) mass is 213 g/mol. The molecule has 0 saturated heterocycles. The van der Waals surface area contributed by atoms with Crippen LogP contribution in [-0.4, -0.2) is 11.3 Å². The van der Waals surface area contributed by atoms with Gasteiger partial charge in [0, 0.05) is 0 Å². The number of hydrogen-bond donors (Lipinski definition) is 2. The number of anilines is 3. The van der Waals surface area contributed by atoms with Crippen molar-refractivity contribution in [3.8, 4) is 0 Å². The van der Waals surface area contributed by atoms with Crippen LogP contribution in [0.15, 0.2) is 42.6 Å². The molecule has 0 atom stereocenters. The van der Waals surface area contributed by atoms with Crippen molar-refractivity contribution in [2.75, 3.05) is 11.1 Å². The third-order valence-corrected chi connectivity index (χ3v) is 2.15. The molecule has 0 aliphatic heterocycles. The Morgan fingerprint density at radius 1 is 1.19 bits per heavy atom. The fraction of sp³-hybridized carbons (Fsp3) is 0. The second-order valence-electron chi connectivity index (χ2n) is 3.30. The molecule has 2 rings (SSSR count). The number of carbonyl (C=O) groups excluding carboxylic acids is 1. The predicted octanol–water partition coefficient (Wildman–Crippen LogP) is 2.22. The van der Waals surface area contributed by atoms with Crippen LogP contribution in [0.25, 0.3) is 0 Å². The third-order valence-electron chi connectivity index (χ3n) is 2.15. The van der Waals surface area contributed by atoms with Crippen molar-refractivity contribution >= 4 is 23.3 Å². The lowest BCUT2D eigenvalue weighted by molar-refractivity contribution is 0.111. The van der Waals surface area contributed by atoms with Crippen LogP contribution < -0.4 is 11.1 Å². The Morgan fingerprint density at radius 3 is 2.62 bits per heavy atom. The minimum Gasteiger partial charge on any atom is -0.397 e. The lowest BCUT2D eigenvalue weighted by Gasteiger charge is -2.08. The van der Waals surface area contributed by atoms with E-state index in [4.69, 9.17) is 5.73 Å². The van der Waals surface area contributed by atoms with Crippen LogP contribution in [0.1, 0.15) is 10.5 Å². The minimum atomic E-state index is 0.409. The van der Waals surface area contributed by atoms with Gasteiger partial charge in [-0.05, 0) is 24.3 Å². The molecule has 1 heterocycles. The van der Waals surface area contributed by atoms with Crippen LogP contribution in [0, 0.1) is 0 Å². The van der Waals surface area contributed by atoms with Gasteiger partial charge in [-0.25, -0.2) is 0 Å². The zero-order chi connectivity index (χ0) is 11.4. The lowest BCUT2D eigenvalue weighted by Crippen LogP contribution is -1.96. The molecule has 3 N–H and O–H groups in total.